The third-order valence-electron chi connectivity index (χ3n) is 5.30. The van der Waals surface area contributed by atoms with Crippen LogP contribution in [0.2, 0.25) is 0 Å². The number of benzene rings is 3. The minimum atomic E-state index is -4.01. The predicted octanol–water partition coefficient (Wildman–Crippen LogP) is 2.80. The molecule has 0 fully saturated rings. The van der Waals surface area contributed by atoms with Crippen LogP contribution >= 0.6 is 0 Å². The van der Waals surface area contributed by atoms with E-state index in [9.17, 15) is 13.2 Å². The molecule has 0 bridgehead atoms. The molecule has 178 valence electrons. The zero-order chi connectivity index (χ0) is 24.4. The van der Waals surface area contributed by atoms with E-state index in [2.05, 4.69) is 25.6 Å². The molecule has 0 aliphatic carbocycles. The molecule has 3 aromatic carbocycles. The molecule has 0 atom stereocenters. The second-order valence-corrected chi connectivity index (χ2v) is 9.35. The molecule has 5 rings (SSSR count). The van der Waals surface area contributed by atoms with Crippen LogP contribution in [0, 0.1) is 6.92 Å². The Morgan fingerprint density at radius 1 is 1.00 bits per heavy atom. The van der Waals surface area contributed by atoms with Gasteiger partial charge < -0.3 is 14.8 Å². The molecular formula is C23H20N6O5S. The van der Waals surface area contributed by atoms with Gasteiger partial charge >= 0.3 is 0 Å². The van der Waals surface area contributed by atoms with Crippen LogP contribution in [-0.2, 0) is 10.0 Å². The second-order valence-electron chi connectivity index (χ2n) is 7.67. The topological polar surface area (TPSA) is 137 Å². The number of rotatable bonds is 6. The lowest BCUT2D eigenvalue weighted by molar-refractivity contribution is 0.102. The summed E-state index contributed by atoms with van der Waals surface area (Å²) in [4.78, 5) is 13.1. The van der Waals surface area contributed by atoms with E-state index in [1.807, 2.05) is 13.0 Å². The highest BCUT2D eigenvalue weighted by Gasteiger charge is 2.22. The third-order valence-corrected chi connectivity index (χ3v) is 6.67. The van der Waals surface area contributed by atoms with E-state index in [4.69, 9.17) is 9.47 Å². The smallest absolute Gasteiger partial charge is 0.262 e. The summed E-state index contributed by atoms with van der Waals surface area (Å²) in [5, 5.41) is 14.0. The first-order valence-corrected chi connectivity index (χ1v) is 12.1. The first-order chi connectivity index (χ1) is 16.9. The van der Waals surface area contributed by atoms with Crippen LogP contribution in [0.3, 0.4) is 0 Å². The van der Waals surface area contributed by atoms with Crippen LogP contribution < -0.4 is 19.5 Å². The van der Waals surface area contributed by atoms with Crippen molar-refractivity contribution in [2.24, 2.45) is 0 Å². The summed E-state index contributed by atoms with van der Waals surface area (Å²) < 4.78 is 41.1. The van der Waals surface area contributed by atoms with Crippen LogP contribution in [0.4, 0.5) is 11.4 Å². The number of aromatic nitrogens is 4. The minimum Gasteiger partial charge on any atom is -0.486 e. The van der Waals surface area contributed by atoms with E-state index in [1.54, 1.807) is 30.3 Å². The maximum absolute atomic E-state index is 13.1. The predicted molar refractivity (Wildman–Crippen MR) is 127 cm³/mol. The van der Waals surface area contributed by atoms with Gasteiger partial charge in [-0.3, -0.25) is 9.52 Å². The average Bonchev–Trinajstić information content (AvgIpc) is 3.40. The summed E-state index contributed by atoms with van der Waals surface area (Å²) in [6.45, 7) is 2.63. The van der Waals surface area contributed by atoms with Gasteiger partial charge in [0.15, 0.2) is 11.5 Å². The largest absolute Gasteiger partial charge is 0.486 e. The van der Waals surface area contributed by atoms with Gasteiger partial charge in [0.25, 0.3) is 15.9 Å². The standard InChI is InChI=1S/C23H20N6O5S/c1-15-6-7-16(12-20(15)29-14-24-27-28-29)25-23(30)18-4-2-3-5-19(18)26-35(31,32)17-8-9-21-22(13-17)34-11-10-33-21/h2-9,12-14,26H,10-11H2,1H3,(H,25,30). The number of hydrogen-bond acceptors (Lipinski definition) is 8. The summed E-state index contributed by atoms with van der Waals surface area (Å²) in [5.41, 5.74) is 2.38. The zero-order valence-electron chi connectivity index (χ0n) is 18.5. The Hall–Kier alpha value is -4.45. The molecule has 12 heteroatoms. The van der Waals surface area contributed by atoms with Gasteiger partial charge in [0.2, 0.25) is 0 Å². The molecule has 2 heterocycles. The fourth-order valence-electron chi connectivity index (χ4n) is 3.57. The first-order valence-electron chi connectivity index (χ1n) is 10.6. The molecular weight excluding hydrogens is 472 g/mol. The number of nitrogens with one attached hydrogen (secondary N) is 2. The number of para-hydroxylation sites is 1. The lowest BCUT2D eigenvalue weighted by Gasteiger charge is -2.19. The van der Waals surface area contributed by atoms with Crippen molar-refractivity contribution in [3.8, 4) is 17.2 Å². The van der Waals surface area contributed by atoms with E-state index >= 15 is 0 Å². The maximum atomic E-state index is 13.1. The normalized spacial score (nSPS) is 12.7. The van der Waals surface area contributed by atoms with Crippen LogP contribution in [-0.4, -0.2) is 47.7 Å². The monoisotopic (exact) mass is 492 g/mol. The van der Waals surface area contributed by atoms with Crippen LogP contribution in [0.25, 0.3) is 5.69 Å². The fraction of sp³-hybridized carbons (Fsp3) is 0.130. The van der Waals surface area contributed by atoms with Gasteiger partial charge in [0, 0.05) is 11.8 Å². The molecule has 1 aromatic heterocycles. The second kappa shape index (κ2) is 9.06. The lowest BCUT2D eigenvalue weighted by Crippen LogP contribution is -2.19. The number of anilines is 2. The summed E-state index contributed by atoms with van der Waals surface area (Å²) in [5.74, 6) is 0.342. The van der Waals surface area contributed by atoms with Crippen molar-refractivity contribution in [1.29, 1.82) is 0 Å². The number of carbonyl (C=O) groups is 1. The lowest BCUT2D eigenvalue weighted by atomic mass is 10.1. The maximum Gasteiger partial charge on any atom is 0.262 e. The Labute approximate surface area is 200 Å². The van der Waals surface area contributed by atoms with Crippen molar-refractivity contribution in [3.05, 3.63) is 78.1 Å². The van der Waals surface area contributed by atoms with Crippen LogP contribution in [0.1, 0.15) is 15.9 Å². The highest BCUT2D eigenvalue weighted by atomic mass is 32.2. The van der Waals surface area contributed by atoms with Gasteiger partial charge in [-0.1, -0.05) is 18.2 Å². The summed E-state index contributed by atoms with van der Waals surface area (Å²) in [6.07, 6.45) is 1.45. The Balaban J connectivity index is 1.39. The van der Waals surface area contributed by atoms with Crippen molar-refractivity contribution in [3.63, 3.8) is 0 Å². The zero-order valence-corrected chi connectivity index (χ0v) is 19.3. The minimum absolute atomic E-state index is 0.0124. The molecule has 35 heavy (non-hydrogen) atoms. The number of tetrazole rings is 1. The molecule has 4 aromatic rings. The van der Waals surface area contributed by atoms with E-state index < -0.39 is 15.9 Å². The van der Waals surface area contributed by atoms with Gasteiger partial charge in [-0.15, -0.1) is 5.10 Å². The number of carbonyl (C=O) groups excluding carboxylic acids is 1. The SMILES string of the molecule is Cc1ccc(NC(=O)c2ccccc2NS(=O)(=O)c2ccc3c(c2)OCCO3)cc1-n1cnnn1. The summed E-state index contributed by atoms with van der Waals surface area (Å²) in [6, 6.07) is 16.0. The average molecular weight is 493 g/mol. The number of ether oxygens (including phenoxy) is 2. The van der Waals surface area contributed by atoms with Crippen molar-refractivity contribution in [1.82, 2.24) is 20.2 Å². The van der Waals surface area contributed by atoms with E-state index in [0.29, 0.717) is 36.1 Å². The Morgan fingerprint density at radius 2 is 1.80 bits per heavy atom. The number of fused-ring (bicyclic) bond motifs is 1. The molecule has 0 saturated carbocycles. The molecule has 11 nitrogen and oxygen atoms in total. The van der Waals surface area contributed by atoms with Gasteiger partial charge in [-0.2, -0.15) is 0 Å². The van der Waals surface area contributed by atoms with E-state index in [-0.39, 0.29) is 16.1 Å². The molecule has 1 amide bonds. The van der Waals surface area contributed by atoms with Crippen molar-refractivity contribution in [2.45, 2.75) is 11.8 Å². The van der Waals surface area contributed by atoms with Gasteiger partial charge in [-0.05, 0) is 59.3 Å². The van der Waals surface area contributed by atoms with E-state index in [0.717, 1.165) is 5.56 Å². The molecule has 0 unspecified atom stereocenters. The molecule has 1 aliphatic heterocycles. The molecule has 0 spiro atoms. The molecule has 0 saturated heterocycles. The Kier molecular flexibility index (Phi) is 5.79. The number of amides is 1. The Morgan fingerprint density at radius 3 is 2.60 bits per heavy atom. The quantitative estimate of drug-likeness (QED) is 0.419. The third kappa shape index (κ3) is 4.64. The summed E-state index contributed by atoms with van der Waals surface area (Å²) >= 11 is 0. The number of sulfonamides is 1. The summed E-state index contributed by atoms with van der Waals surface area (Å²) in [7, 11) is -4.01. The van der Waals surface area contributed by atoms with Crippen molar-refractivity contribution < 1.29 is 22.7 Å². The van der Waals surface area contributed by atoms with Gasteiger partial charge in [0.1, 0.15) is 19.5 Å². The van der Waals surface area contributed by atoms with Crippen LogP contribution in [0.15, 0.2) is 71.9 Å². The molecule has 2 N–H and O–H groups in total. The molecule has 0 radical (unpaired) electrons. The number of aryl methyl sites for hydroxylation is 1. The Bertz CT molecular complexity index is 1500. The van der Waals surface area contributed by atoms with E-state index in [1.165, 1.54) is 35.3 Å². The first kappa shape index (κ1) is 22.3. The van der Waals surface area contributed by atoms with Crippen LogP contribution in [0.5, 0.6) is 11.5 Å². The molecule has 1 aliphatic rings. The highest BCUT2D eigenvalue weighted by molar-refractivity contribution is 7.92. The number of nitrogens with zero attached hydrogens (tertiary/aromatic N) is 4. The van der Waals surface area contributed by atoms with Gasteiger partial charge in [-0.25, -0.2) is 13.1 Å². The highest BCUT2D eigenvalue weighted by Crippen LogP contribution is 2.33. The van der Waals surface area contributed by atoms with Crippen molar-refractivity contribution in [2.75, 3.05) is 23.3 Å². The number of hydrogen-bond donors (Lipinski definition) is 2. The van der Waals surface area contributed by atoms with Crippen molar-refractivity contribution >= 4 is 27.3 Å². The van der Waals surface area contributed by atoms with Gasteiger partial charge in [0.05, 0.1) is 21.8 Å². The fourth-order valence-corrected chi connectivity index (χ4v) is 4.66.